The van der Waals surface area contributed by atoms with E-state index in [1.54, 1.807) is 11.3 Å². The molecule has 0 spiro atoms. The number of nitrogens with zero attached hydrogens (tertiary/aromatic N) is 5. The number of nitrogens with two attached hydrogens (primary N) is 1. The Morgan fingerprint density at radius 1 is 1.20 bits per heavy atom. The highest BCUT2D eigenvalue weighted by Gasteiger charge is 2.13. The molecule has 2 N–H and O–H groups in total. The number of rotatable bonds is 7. The number of hydrogen-bond donors (Lipinski definition) is 1. The quantitative estimate of drug-likeness (QED) is 0.626. The van der Waals surface area contributed by atoms with Gasteiger partial charge < -0.3 is 10.6 Å². The summed E-state index contributed by atoms with van der Waals surface area (Å²) >= 11 is 1.62. The average Bonchev–Trinajstić information content (AvgIpc) is 3.40. The molecule has 3 aromatic rings. The fourth-order valence-electron chi connectivity index (χ4n) is 3.55. The van der Waals surface area contributed by atoms with Crippen LogP contribution in [0.5, 0.6) is 0 Å². The Morgan fingerprint density at radius 3 is 2.73 bits per heavy atom. The van der Waals surface area contributed by atoms with Gasteiger partial charge in [-0.15, -0.1) is 11.3 Å². The Hall–Kier alpha value is -2.78. The van der Waals surface area contributed by atoms with Crippen LogP contribution in [0.1, 0.15) is 24.1 Å². The molecule has 0 atom stereocenters. The van der Waals surface area contributed by atoms with Crippen LogP contribution in [0.4, 0.5) is 10.2 Å². The van der Waals surface area contributed by atoms with Crippen LogP contribution in [-0.2, 0) is 13.1 Å². The molecule has 0 bridgehead atoms. The van der Waals surface area contributed by atoms with E-state index in [2.05, 4.69) is 27.1 Å². The normalized spacial score (nSPS) is 15.0. The van der Waals surface area contributed by atoms with Gasteiger partial charge in [0, 0.05) is 41.1 Å². The largest absolute Gasteiger partial charge is 0.357 e. The Kier molecular flexibility index (Phi) is 6.39. The van der Waals surface area contributed by atoms with Gasteiger partial charge in [-0.1, -0.05) is 0 Å². The summed E-state index contributed by atoms with van der Waals surface area (Å²) in [5, 5.41) is 4.06. The molecule has 9 heteroatoms. The van der Waals surface area contributed by atoms with Gasteiger partial charge in [0.1, 0.15) is 12.1 Å². The molecule has 0 aliphatic carbocycles. The summed E-state index contributed by atoms with van der Waals surface area (Å²) in [4.78, 5) is 21.6. The van der Waals surface area contributed by atoms with Gasteiger partial charge in [0.25, 0.3) is 0 Å². The number of piperidine rings is 1. The van der Waals surface area contributed by atoms with E-state index in [9.17, 15) is 9.18 Å². The smallest absolute Gasteiger partial charge is 0.346 e. The zero-order valence-corrected chi connectivity index (χ0v) is 17.5. The lowest BCUT2D eigenvalue weighted by atomic mass is 10.1. The van der Waals surface area contributed by atoms with Crippen LogP contribution in [0.2, 0.25) is 0 Å². The van der Waals surface area contributed by atoms with Gasteiger partial charge in [-0.2, -0.15) is 5.10 Å². The van der Waals surface area contributed by atoms with Crippen molar-refractivity contribution in [1.82, 2.24) is 19.3 Å². The van der Waals surface area contributed by atoms with Crippen LogP contribution < -0.4 is 16.3 Å². The molecular weight excluding hydrogens is 403 g/mol. The lowest BCUT2D eigenvalue weighted by molar-refractivity contribution is 0.573. The molecule has 1 fully saturated rings. The molecule has 7 nitrogen and oxygen atoms in total. The minimum Gasteiger partial charge on any atom is -0.357 e. The highest BCUT2D eigenvalue weighted by atomic mass is 32.1. The third-order valence-electron chi connectivity index (χ3n) is 5.27. The van der Waals surface area contributed by atoms with Crippen LogP contribution in [0.3, 0.4) is 0 Å². The predicted molar refractivity (Wildman–Crippen MR) is 117 cm³/mol. The maximum absolute atomic E-state index is 12.7. The molecule has 3 aromatic heterocycles. The van der Waals surface area contributed by atoms with Crippen molar-refractivity contribution in [2.24, 2.45) is 5.73 Å². The molecule has 4 heterocycles. The van der Waals surface area contributed by atoms with E-state index < -0.39 is 0 Å². The van der Waals surface area contributed by atoms with Crippen LogP contribution in [0.25, 0.3) is 10.4 Å². The van der Waals surface area contributed by atoms with Crippen molar-refractivity contribution >= 4 is 17.2 Å². The van der Waals surface area contributed by atoms with Crippen molar-refractivity contribution in [1.29, 1.82) is 0 Å². The summed E-state index contributed by atoms with van der Waals surface area (Å²) in [5.74, 6) is 1.04. The standard InChI is InChI=1S/C21H25FN6OS/c22-10-16(11-23)13-28-21(29)27(15-25-28)14-18-5-6-19(30-18)17-4-7-20(24-12-17)26-8-2-1-3-9-26/h4-7,10,12,15H,1-3,8-9,11,13-14,23H2/b16-10+. The van der Waals surface area contributed by atoms with Crippen LogP contribution in [0.15, 0.2) is 53.5 Å². The molecule has 0 amide bonds. The van der Waals surface area contributed by atoms with Crippen molar-refractivity contribution in [2.75, 3.05) is 24.5 Å². The van der Waals surface area contributed by atoms with Crippen LogP contribution in [-0.4, -0.2) is 39.0 Å². The third kappa shape index (κ3) is 4.52. The van der Waals surface area contributed by atoms with Crippen molar-refractivity contribution < 1.29 is 4.39 Å². The Morgan fingerprint density at radius 2 is 2.03 bits per heavy atom. The molecule has 158 valence electrons. The number of anilines is 1. The second kappa shape index (κ2) is 9.36. The number of hydrogen-bond acceptors (Lipinski definition) is 6. The first kappa shape index (κ1) is 20.5. The van der Waals surface area contributed by atoms with E-state index in [4.69, 9.17) is 5.73 Å². The highest BCUT2D eigenvalue weighted by molar-refractivity contribution is 7.15. The van der Waals surface area contributed by atoms with Gasteiger partial charge in [0.05, 0.1) is 19.4 Å². The maximum Gasteiger partial charge on any atom is 0.346 e. The Bertz CT molecular complexity index is 1060. The lowest BCUT2D eigenvalue weighted by Crippen LogP contribution is -2.29. The molecule has 0 radical (unpaired) electrons. The van der Waals surface area contributed by atoms with Crippen molar-refractivity contribution in [3.63, 3.8) is 0 Å². The molecule has 1 saturated heterocycles. The van der Waals surface area contributed by atoms with Crippen LogP contribution in [0, 0.1) is 0 Å². The van der Waals surface area contributed by atoms with E-state index in [0.717, 1.165) is 34.2 Å². The van der Waals surface area contributed by atoms with Gasteiger partial charge in [-0.05, 0) is 49.1 Å². The molecule has 4 rings (SSSR count). The van der Waals surface area contributed by atoms with Gasteiger partial charge in [-0.25, -0.2) is 18.9 Å². The summed E-state index contributed by atoms with van der Waals surface area (Å²) < 4.78 is 15.5. The topological polar surface area (TPSA) is 82.0 Å². The highest BCUT2D eigenvalue weighted by Crippen LogP contribution is 2.29. The second-order valence-corrected chi connectivity index (χ2v) is 8.56. The van der Waals surface area contributed by atoms with Crippen molar-refractivity contribution in [3.05, 3.63) is 64.1 Å². The van der Waals surface area contributed by atoms with Crippen molar-refractivity contribution in [3.8, 4) is 10.4 Å². The molecule has 0 unspecified atom stereocenters. The third-order valence-corrected chi connectivity index (χ3v) is 6.39. The minimum atomic E-state index is -0.287. The van der Waals surface area contributed by atoms with Crippen LogP contribution >= 0.6 is 11.3 Å². The summed E-state index contributed by atoms with van der Waals surface area (Å²) in [6.45, 7) is 2.68. The summed E-state index contributed by atoms with van der Waals surface area (Å²) in [7, 11) is 0. The van der Waals surface area contributed by atoms with Gasteiger partial charge in [0.2, 0.25) is 0 Å². The van der Waals surface area contributed by atoms with E-state index in [1.165, 1.54) is 34.8 Å². The summed E-state index contributed by atoms with van der Waals surface area (Å²) in [6.07, 6.45) is 7.58. The van der Waals surface area contributed by atoms with Gasteiger partial charge in [0.15, 0.2) is 0 Å². The fraction of sp³-hybridized carbons (Fsp3) is 0.381. The van der Waals surface area contributed by atoms with Gasteiger partial charge in [-0.3, -0.25) is 4.57 Å². The van der Waals surface area contributed by atoms with E-state index in [-0.39, 0.29) is 18.8 Å². The first-order chi connectivity index (χ1) is 14.7. The number of pyridine rings is 1. The first-order valence-corrected chi connectivity index (χ1v) is 10.9. The molecular formula is C21H25FN6OS. The molecule has 30 heavy (non-hydrogen) atoms. The Balaban J connectivity index is 1.44. The SMILES string of the molecule is NC/C(=C\F)Cn1ncn(Cc2ccc(-c3ccc(N4CCCCC4)nc3)s2)c1=O. The minimum absolute atomic E-state index is 0.0503. The monoisotopic (exact) mass is 428 g/mol. The first-order valence-electron chi connectivity index (χ1n) is 10.1. The number of halogens is 1. The zero-order chi connectivity index (χ0) is 20.9. The number of thiophene rings is 1. The molecule has 0 aromatic carbocycles. The zero-order valence-electron chi connectivity index (χ0n) is 16.7. The molecule has 1 aliphatic rings. The maximum atomic E-state index is 12.7. The van der Waals surface area contributed by atoms with E-state index in [0.29, 0.717) is 18.4 Å². The average molecular weight is 429 g/mol. The van der Waals surface area contributed by atoms with E-state index in [1.807, 2.05) is 18.3 Å². The number of aromatic nitrogens is 4. The molecule has 0 saturated carbocycles. The Labute approximate surface area is 178 Å². The van der Waals surface area contributed by atoms with E-state index >= 15 is 0 Å². The second-order valence-electron chi connectivity index (χ2n) is 7.39. The fourth-order valence-corrected chi connectivity index (χ4v) is 4.55. The molecule has 1 aliphatic heterocycles. The van der Waals surface area contributed by atoms with Gasteiger partial charge >= 0.3 is 5.69 Å². The lowest BCUT2D eigenvalue weighted by Gasteiger charge is -2.27. The summed E-state index contributed by atoms with van der Waals surface area (Å²) in [5.41, 5.74) is 6.56. The predicted octanol–water partition coefficient (Wildman–Crippen LogP) is 3.02. The van der Waals surface area contributed by atoms with Crippen molar-refractivity contribution in [2.45, 2.75) is 32.4 Å². The summed E-state index contributed by atoms with van der Waals surface area (Å²) in [6, 6.07) is 8.25.